The highest BCUT2D eigenvalue weighted by Crippen LogP contribution is 2.31. The lowest BCUT2D eigenvalue weighted by Crippen LogP contribution is -2.19. The van der Waals surface area contributed by atoms with E-state index in [2.05, 4.69) is 6.07 Å². The SMILES string of the molecule is CCC(=O)c1cc2n(c(=O)c1)Cc1cc3ccccc3nc1-2. The molecule has 0 fully saturated rings. The van der Waals surface area contributed by atoms with E-state index < -0.39 is 0 Å². The molecule has 108 valence electrons. The van der Waals surface area contributed by atoms with E-state index in [0.717, 1.165) is 27.9 Å². The minimum Gasteiger partial charge on any atom is -0.302 e. The third-order valence-corrected chi connectivity index (χ3v) is 4.15. The Hall–Kier alpha value is -2.75. The molecule has 0 radical (unpaired) electrons. The summed E-state index contributed by atoms with van der Waals surface area (Å²) in [6.45, 7) is 2.31. The number of fused-ring (bicyclic) bond motifs is 4. The number of aromatic nitrogens is 2. The lowest BCUT2D eigenvalue weighted by Gasteiger charge is -2.05. The molecule has 4 heteroatoms. The van der Waals surface area contributed by atoms with E-state index in [-0.39, 0.29) is 11.3 Å². The molecule has 1 aliphatic heterocycles. The van der Waals surface area contributed by atoms with Crippen LogP contribution in [-0.4, -0.2) is 15.3 Å². The molecule has 2 aromatic heterocycles. The van der Waals surface area contributed by atoms with Crippen LogP contribution in [0.2, 0.25) is 0 Å². The zero-order valence-corrected chi connectivity index (χ0v) is 12.2. The van der Waals surface area contributed by atoms with Gasteiger partial charge in [0.1, 0.15) is 0 Å². The summed E-state index contributed by atoms with van der Waals surface area (Å²) in [6, 6.07) is 13.2. The van der Waals surface area contributed by atoms with Gasteiger partial charge in [0.05, 0.1) is 23.4 Å². The van der Waals surface area contributed by atoms with Crippen molar-refractivity contribution in [1.82, 2.24) is 9.55 Å². The van der Waals surface area contributed by atoms with Crippen molar-refractivity contribution in [1.29, 1.82) is 0 Å². The first-order chi connectivity index (χ1) is 10.7. The maximum Gasteiger partial charge on any atom is 0.252 e. The fourth-order valence-corrected chi connectivity index (χ4v) is 2.99. The Labute approximate surface area is 127 Å². The number of benzene rings is 1. The molecule has 4 nitrogen and oxygen atoms in total. The molecule has 3 heterocycles. The summed E-state index contributed by atoms with van der Waals surface area (Å²) in [4.78, 5) is 28.9. The van der Waals surface area contributed by atoms with Crippen molar-refractivity contribution in [2.75, 3.05) is 0 Å². The predicted octanol–water partition coefficient (Wildman–Crippen LogP) is 3.02. The molecule has 0 unspecified atom stereocenters. The number of nitrogens with zero attached hydrogens (tertiary/aromatic N) is 2. The van der Waals surface area contributed by atoms with Crippen LogP contribution in [-0.2, 0) is 6.54 Å². The number of Topliss-reactive ketones (excluding diaryl/α,β-unsaturated/α-hetero) is 1. The van der Waals surface area contributed by atoms with Gasteiger partial charge in [0, 0.05) is 29.0 Å². The van der Waals surface area contributed by atoms with Gasteiger partial charge in [-0.2, -0.15) is 0 Å². The maximum atomic E-state index is 12.3. The normalized spacial score (nSPS) is 12.2. The minimum absolute atomic E-state index is 0.0188. The molecule has 1 aromatic carbocycles. The van der Waals surface area contributed by atoms with E-state index in [1.54, 1.807) is 17.6 Å². The third kappa shape index (κ3) is 1.80. The lowest BCUT2D eigenvalue weighted by atomic mass is 10.1. The predicted molar refractivity (Wildman–Crippen MR) is 85.2 cm³/mol. The molecule has 4 rings (SSSR count). The topological polar surface area (TPSA) is 52.0 Å². The van der Waals surface area contributed by atoms with Crippen LogP contribution in [0.3, 0.4) is 0 Å². The van der Waals surface area contributed by atoms with Crippen molar-refractivity contribution in [3.05, 3.63) is 63.9 Å². The van der Waals surface area contributed by atoms with Crippen LogP contribution in [0, 0.1) is 0 Å². The summed E-state index contributed by atoms with van der Waals surface area (Å²) in [7, 11) is 0. The van der Waals surface area contributed by atoms with Crippen LogP contribution >= 0.6 is 0 Å². The highest BCUT2D eigenvalue weighted by atomic mass is 16.1. The summed E-state index contributed by atoms with van der Waals surface area (Å²) >= 11 is 0. The van der Waals surface area contributed by atoms with E-state index in [1.807, 2.05) is 24.3 Å². The van der Waals surface area contributed by atoms with Gasteiger partial charge in [-0.15, -0.1) is 0 Å². The fourth-order valence-electron chi connectivity index (χ4n) is 2.99. The number of carbonyl (C=O) groups excluding carboxylic acids is 1. The van der Waals surface area contributed by atoms with Gasteiger partial charge in [-0.1, -0.05) is 25.1 Å². The molecule has 1 aliphatic rings. The van der Waals surface area contributed by atoms with Gasteiger partial charge in [0.2, 0.25) is 0 Å². The summed E-state index contributed by atoms with van der Waals surface area (Å²) in [6.07, 6.45) is 0.390. The van der Waals surface area contributed by atoms with Gasteiger partial charge in [-0.05, 0) is 18.2 Å². The van der Waals surface area contributed by atoms with Crippen LogP contribution in [0.1, 0.15) is 29.3 Å². The van der Waals surface area contributed by atoms with Crippen LogP contribution in [0.5, 0.6) is 0 Å². The quantitative estimate of drug-likeness (QED) is 0.533. The molecule has 3 aromatic rings. The first-order valence-corrected chi connectivity index (χ1v) is 7.34. The standard InChI is InChI=1S/C18H14N2O2/c1-2-16(21)12-8-15-18-13(10-20(15)17(22)9-12)7-11-5-3-4-6-14(11)19-18/h3-9H,2,10H2,1H3. The highest BCUT2D eigenvalue weighted by molar-refractivity contribution is 5.97. The molecule has 0 N–H and O–H groups in total. The Morgan fingerprint density at radius 2 is 2.05 bits per heavy atom. The summed E-state index contributed by atoms with van der Waals surface area (Å²) in [5.41, 5.74) is 3.80. The van der Waals surface area contributed by atoms with Gasteiger partial charge >= 0.3 is 0 Å². The Morgan fingerprint density at radius 3 is 2.86 bits per heavy atom. The number of hydrogen-bond donors (Lipinski definition) is 0. The van der Waals surface area contributed by atoms with Crippen molar-refractivity contribution >= 4 is 16.7 Å². The van der Waals surface area contributed by atoms with Crippen molar-refractivity contribution < 1.29 is 4.79 Å². The van der Waals surface area contributed by atoms with Crippen LogP contribution in [0.15, 0.2) is 47.3 Å². The monoisotopic (exact) mass is 290 g/mol. The van der Waals surface area contributed by atoms with E-state index in [0.29, 0.717) is 18.5 Å². The molecule has 0 aliphatic carbocycles. The number of pyridine rings is 2. The van der Waals surface area contributed by atoms with E-state index in [4.69, 9.17) is 4.98 Å². The van der Waals surface area contributed by atoms with Gasteiger partial charge in [0.25, 0.3) is 5.56 Å². The van der Waals surface area contributed by atoms with Crippen molar-refractivity contribution in [2.24, 2.45) is 0 Å². The Bertz CT molecular complexity index is 986. The lowest BCUT2D eigenvalue weighted by molar-refractivity contribution is 0.0988. The minimum atomic E-state index is -0.142. The number of rotatable bonds is 2. The molecular weight excluding hydrogens is 276 g/mol. The molecule has 0 atom stereocenters. The summed E-state index contributed by atoms with van der Waals surface area (Å²) in [5.74, 6) is -0.0188. The average molecular weight is 290 g/mol. The van der Waals surface area contributed by atoms with E-state index >= 15 is 0 Å². The molecular formula is C18H14N2O2. The summed E-state index contributed by atoms with van der Waals surface area (Å²) in [5, 5.41) is 1.06. The Balaban J connectivity index is 1.99. The second-order valence-corrected chi connectivity index (χ2v) is 5.52. The zero-order chi connectivity index (χ0) is 15.3. The largest absolute Gasteiger partial charge is 0.302 e. The number of para-hydroxylation sites is 1. The number of ketones is 1. The first-order valence-electron chi connectivity index (χ1n) is 7.34. The highest BCUT2D eigenvalue weighted by Gasteiger charge is 2.23. The number of hydrogen-bond acceptors (Lipinski definition) is 3. The molecule has 22 heavy (non-hydrogen) atoms. The van der Waals surface area contributed by atoms with E-state index in [9.17, 15) is 9.59 Å². The fraction of sp³-hybridized carbons (Fsp3) is 0.167. The van der Waals surface area contributed by atoms with Crippen LogP contribution in [0.25, 0.3) is 22.3 Å². The first kappa shape index (κ1) is 13.0. The number of carbonyl (C=O) groups is 1. The molecule has 0 amide bonds. The van der Waals surface area contributed by atoms with Gasteiger partial charge in [-0.3, -0.25) is 9.59 Å². The van der Waals surface area contributed by atoms with Gasteiger partial charge in [0.15, 0.2) is 5.78 Å². The van der Waals surface area contributed by atoms with Crippen molar-refractivity contribution in [3.8, 4) is 11.4 Å². The third-order valence-electron chi connectivity index (χ3n) is 4.15. The van der Waals surface area contributed by atoms with E-state index in [1.165, 1.54) is 6.07 Å². The van der Waals surface area contributed by atoms with Gasteiger partial charge in [-0.25, -0.2) is 4.98 Å². The molecule has 0 bridgehead atoms. The van der Waals surface area contributed by atoms with Crippen LogP contribution in [0.4, 0.5) is 0 Å². The smallest absolute Gasteiger partial charge is 0.252 e. The maximum absolute atomic E-state index is 12.3. The molecule has 0 saturated heterocycles. The summed E-state index contributed by atoms with van der Waals surface area (Å²) < 4.78 is 1.68. The zero-order valence-electron chi connectivity index (χ0n) is 12.2. The molecule has 0 saturated carbocycles. The van der Waals surface area contributed by atoms with Gasteiger partial charge < -0.3 is 4.57 Å². The second kappa shape index (κ2) is 4.63. The average Bonchev–Trinajstić information content (AvgIpc) is 2.90. The Morgan fingerprint density at radius 1 is 1.23 bits per heavy atom. The van der Waals surface area contributed by atoms with Crippen molar-refractivity contribution in [3.63, 3.8) is 0 Å². The second-order valence-electron chi connectivity index (χ2n) is 5.52. The van der Waals surface area contributed by atoms with Crippen LogP contribution < -0.4 is 5.56 Å². The molecule has 0 spiro atoms. The Kier molecular flexibility index (Phi) is 2.73. The van der Waals surface area contributed by atoms with Crippen molar-refractivity contribution in [2.45, 2.75) is 19.9 Å².